The van der Waals surface area contributed by atoms with Crippen LogP contribution in [0.1, 0.15) is 34.5 Å². The van der Waals surface area contributed by atoms with Crippen LogP contribution in [0.25, 0.3) is 10.9 Å². The Morgan fingerprint density at radius 1 is 1.06 bits per heavy atom. The van der Waals surface area contributed by atoms with Crippen molar-refractivity contribution < 1.29 is 34.5 Å². The number of hydrogen-bond donors (Lipinski definition) is 5. The van der Waals surface area contributed by atoms with Gasteiger partial charge in [0.15, 0.2) is 0 Å². The minimum absolute atomic E-state index is 0.0263. The van der Waals surface area contributed by atoms with Crippen LogP contribution in [0.3, 0.4) is 0 Å². The molecular weight excluding hydrogens is 490 g/mol. The van der Waals surface area contributed by atoms with E-state index in [0.717, 1.165) is 16.5 Å². The lowest BCUT2D eigenvalue weighted by molar-refractivity contribution is -0.152. The summed E-state index contributed by atoms with van der Waals surface area (Å²) in [5.41, 5.74) is 0.496. The molecule has 36 heavy (non-hydrogen) atoms. The first-order chi connectivity index (χ1) is 17.0. The molecule has 2 aromatic carbocycles. The third-order valence-corrected chi connectivity index (χ3v) is 6.42. The maximum absolute atomic E-state index is 13.0. The van der Waals surface area contributed by atoms with Crippen molar-refractivity contribution in [2.45, 2.75) is 30.9 Å². The number of aromatic nitrogens is 1. The van der Waals surface area contributed by atoms with Crippen molar-refractivity contribution in [3.05, 3.63) is 70.4 Å². The number of nitrogens with one attached hydrogen (secondary N) is 2. The highest BCUT2D eigenvalue weighted by Crippen LogP contribution is 2.38. The highest BCUT2D eigenvalue weighted by molar-refractivity contribution is 6.31. The number of fused-ring (bicyclic) bond motifs is 2. The molecule has 0 spiro atoms. The van der Waals surface area contributed by atoms with Crippen molar-refractivity contribution in [1.29, 1.82) is 0 Å². The Morgan fingerprint density at radius 3 is 2.44 bits per heavy atom. The van der Waals surface area contributed by atoms with Gasteiger partial charge in [0.1, 0.15) is 24.4 Å². The molecule has 0 fully saturated rings. The number of hydrogen-bond acceptors (Lipinski definition) is 5. The summed E-state index contributed by atoms with van der Waals surface area (Å²) in [5.74, 6) is -3.97. The summed E-state index contributed by atoms with van der Waals surface area (Å²) >= 11 is 6.02. The quantitative estimate of drug-likeness (QED) is 0.308. The first-order valence-electron chi connectivity index (χ1n) is 11.2. The van der Waals surface area contributed by atoms with Crippen molar-refractivity contribution >= 4 is 46.3 Å². The average Bonchev–Trinajstić information content (AvgIpc) is 3.21. The largest absolute Gasteiger partial charge is 0.480 e. The number of benzene rings is 2. The van der Waals surface area contributed by atoms with E-state index in [1.54, 1.807) is 48.5 Å². The summed E-state index contributed by atoms with van der Waals surface area (Å²) < 4.78 is 0. The lowest BCUT2D eigenvalue weighted by Gasteiger charge is -2.39. The molecule has 5 N–H and O–H groups in total. The van der Waals surface area contributed by atoms with Crippen LogP contribution in [0.2, 0.25) is 5.02 Å². The van der Waals surface area contributed by atoms with Gasteiger partial charge in [0.25, 0.3) is 5.91 Å². The SMILES string of the molecule is O=C(O)CN(CC(=O)O)C(=O)C[C@@]1(O)CC(NC(=O)c2cc3cc(Cl)ccc3[nH]2)Cc2ccccc21. The maximum atomic E-state index is 13.0. The second kappa shape index (κ2) is 10.00. The fourth-order valence-electron chi connectivity index (χ4n) is 4.69. The molecule has 3 aromatic rings. The number of aliphatic carboxylic acids is 2. The van der Waals surface area contributed by atoms with E-state index in [-0.39, 0.29) is 6.42 Å². The van der Waals surface area contributed by atoms with Gasteiger partial charge in [-0.3, -0.25) is 19.2 Å². The molecule has 2 atom stereocenters. The number of aromatic amines is 1. The fraction of sp³-hybridized carbons (Fsp3) is 0.280. The van der Waals surface area contributed by atoms with Crippen LogP contribution in [0, 0.1) is 0 Å². The summed E-state index contributed by atoms with van der Waals surface area (Å²) in [5, 5.41) is 34.0. The van der Waals surface area contributed by atoms with E-state index in [0.29, 0.717) is 27.6 Å². The molecule has 1 aromatic heterocycles. The molecule has 11 heteroatoms. The fourth-order valence-corrected chi connectivity index (χ4v) is 4.87. The second-order valence-corrected chi connectivity index (χ2v) is 9.33. The Hall–Kier alpha value is -3.89. The molecule has 0 bridgehead atoms. The lowest BCUT2D eigenvalue weighted by Crippen LogP contribution is -2.49. The Labute approximate surface area is 210 Å². The summed E-state index contributed by atoms with van der Waals surface area (Å²) in [6.45, 7) is -1.62. The summed E-state index contributed by atoms with van der Waals surface area (Å²) in [6, 6.07) is 13.2. The number of aliphatic hydroxyl groups is 1. The molecule has 4 rings (SSSR count). The van der Waals surface area contributed by atoms with Crippen LogP contribution < -0.4 is 5.32 Å². The highest BCUT2D eigenvalue weighted by atomic mass is 35.5. The van der Waals surface area contributed by atoms with Gasteiger partial charge in [-0.1, -0.05) is 35.9 Å². The third kappa shape index (κ3) is 5.50. The van der Waals surface area contributed by atoms with Crippen molar-refractivity contribution in [3.63, 3.8) is 0 Å². The van der Waals surface area contributed by atoms with Crippen molar-refractivity contribution in [1.82, 2.24) is 15.2 Å². The normalized spacial score (nSPS) is 18.9. The Balaban J connectivity index is 1.56. The lowest BCUT2D eigenvalue weighted by atomic mass is 9.74. The van der Waals surface area contributed by atoms with E-state index < -0.39 is 54.9 Å². The Kier molecular flexibility index (Phi) is 7.00. The molecule has 0 radical (unpaired) electrons. The number of amides is 2. The first kappa shape index (κ1) is 25.2. The maximum Gasteiger partial charge on any atom is 0.323 e. The van der Waals surface area contributed by atoms with E-state index >= 15 is 0 Å². The Bertz CT molecular complexity index is 1340. The van der Waals surface area contributed by atoms with E-state index in [9.17, 15) is 24.3 Å². The van der Waals surface area contributed by atoms with Gasteiger partial charge in [-0.05, 0) is 41.8 Å². The standard InChI is InChI=1S/C25H24ClN3O7/c26-16-5-6-19-15(7-16)9-20(28-19)24(35)27-17-8-14-3-1-2-4-18(14)25(36,10-17)11-21(30)29(12-22(31)32)13-23(33)34/h1-7,9,17,28,36H,8,10-13H2,(H,27,35)(H,31,32)(H,33,34)/t17?,25-/m0/s1. The minimum Gasteiger partial charge on any atom is -0.480 e. The number of halogens is 1. The number of carboxylic acids is 2. The van der Waals surface area contributed by atoms with Gasteiger partial charge in [-0.2, -0.15) is 0 Å². The number of nitrogens with zero attached hydrogens (tertiary/aromatic N) is 1. The zero-order valence-corrected chi connectivity index (χ0v) is 19.8. The van der Waals surface area contributed by atoms with Crippen LogP contribution in [0.4, 0.5) is 0 Å². The summed E-state index contributed by atoms with van der Waals surface area (Å²) in [7, 11) is 0. The Morgan fingerprint density at radius 2 is 1.75 bits per heavy atom. The molecule has 0 saturated carbocycles. The molecule has 0 saturated heterocycles. The highest BCUT2D eigenvalue weighted by Gasteiger charge is 2.42. The van der Waals surface area contributed by atoms with Crippen LogP contribution in [0.5, 0.6) is 0 Å². The number of carboxylic acid groups (broad SMARTS) is 2. The topological polar surface area (TPSA) is 160 Å². The van der Waals surface area contributed by atoms with Gasteiger partial charge >= 0.3 is 11.9 Å². The van der Waals surface area contributed by atoms with Crippen molar-refractivity contribution in [2.75, 3.05) is 13.1 Å². The van der Waals surface area contributed by atoms with E-state index in [1.807, 2.05) is 0 Å². The van der Waals surface area contributed by atoms with Crippen LogP contribution in [0.15, 0.2) is 48.5 Å². The minimum atomic E-state index is -1.74. The van der Waals surface area contributed by atoms with Gasteiger partial charge in [-0.25, -0.2) is 0 Å². The third-order valence-electron chi connectivity index (χ3n) is 6.18. The molecule has 188 valence electrons. The van der Waals surface area contributed by atoms with Crippen molar-refractivity contribution in [2.24, 2.45) is 0 Å². The molecule has 1 heterocycles. The number of H-pyrrole nitrogens is 1. The number of carbonyl (C=O) groups is 4. The smallest absolute Gasteiger partial charge is 0.323 e. The molecular formula is C25H24ClN3O7. The zero-order chi connectivity index (χ0) is 26.0. The molecule has 1 aliphatic rings. The van der Waals surface area contributed by atoms with Crippen LogP contribution >= 0.6 is 11.6 Å². The number of rotatable bonds is 8. The van der Waals surface area contributed by atoms with Gasteiger partial charge in [0.05, 0.1) is 6.42 Å². The number of carbonyl (C=O) groups excluding carboxylic acids is 2. The van der Waals surface area contributed by atoms with Crippen LogP contribution in [-0.2, 0) is 26.4 Å². The average molecular weight is 514 g/mol. The second-order valence-electron chi connectivity index (χ2n) is 8.90. The molecule has 10 nitrogen and oxygen atoms in total. The monoisotopic (exact) mass is 513 g/mol. The van der Waals surface area contributed by atoms with Gasteiger partial charge in [-0.15, -0.1) is 0 Å². The van der Waals surface area contributed by atoms with Gasteiger partial charge in [0.2, 0.25) is 5.91 Å². The van der Waals surface area contributed by atoms with Crippen LogP contribution in [-0.4, -0.2) is 68.1 Å². The molecule has 1 unspecified atom stereocenters. The first-order valence-corrected chi connectivity index (χ1v) is 11.5. The zero-order valence-electron chi connectivity index (χ0n) is 19.0. The van der Waals surface area contributed by atoms with Gasteiger partial charge in [0, 0.05) is 28.4 Å². The van der Waals surface area contributed by atoms with E-state index in [2.05, 4.69) is 10.3 Å². The summed E-state index contributed by atoms with van der Waals surface area (Å²) in [6.07, 6.45) is -0.165. The van der Waals surface area contributed by atoms with E-state index in [1.165, 1.54) is 0 Å². The van der Waals surface area contributed by atoms with Crippen molar-refractivity contribution in [3.8, 4) is 0 Å². The predicted molar refractivity (Wildman–Crippen MR) is 130 cm³/mol. The molecule has 2 amide bonds. The molecule has 1 aliphatic carbocycles. The van der Waals surface area contributed by atoms with Gasteiger partial charge < -0.3 is 30.5 Å². The summed E-state index contributed by atoms with van der Waals surface area (Å²) in [4.78, 5) is 51.9. The predicted octanol–water partition coefficient (Wildman–Crippen LogP) is 2.14. The van der Waals surface area contributed by atoms with E-state index in [4.69, 9.17) is 21.8 Å². The molecule has 0 aliphatic heterocycles.